The van der Waals surface area contributed by atoms with Gasteiger partial charge in [0.2, 0.25) is 5.95 Å². The molecule has 0 amide bonds. The second-order valence-electron chi connectivity index (χ2n) is 4.48. The zero-order chi connectivity index (χ0) is 13.9. The number of aromatic nitrogens is 3. The van der Waals surface area contributed by atoms with Crippen LogP contribution < -0.4 is 5.73 Å². The molecule has 2 N–H and O–H groups in total. The van der Waals surface area contributed by atoms with E-state index in [1.807, 2.05) is 34.9 Å². The lowest BCUT2D eigenvalue weighted by Crippen LogP contribution is -2.06. The number of nitriles is 1. The van der Waals surface area contributed by atoms with Crippen molar-refractivity contribution in [3.8, 4) is 6.07 Å². The van der Waals surface area contributed by atoms with Crippen molar-refractivity contribution >= 4 is 17.0 Å². The predicted octanol–water partition coefficient (Wildman–Crippen LogP) is 2.13. The van der Waals surface area contributed by atoms with Gasteiger partial charge in [0, 0.05) is 24.9 Å². The van der Waals surface area contributed by atoms with Gasteiger partial charge in [0.15, 0.2) is 0 Å². The van der Waals surface area contributed by atoms with Crippen LogP contribution in [0.15, 0.2) is 42.6 Å². The van der Waals surface area contributed by atoms with Crippen molar-refractivity contribution < 1.29 is 0 Å². The first-order chi connectivity index (χ1) is 9.79. The highest BCUT2D eigenvalue weighted by Crippen LogP contribution is 2.21. The van der Waals surface area contributed by atoms with E-state index in [1.165, 1.54) is 0 Å². The summed E-state index contributed by atoms with van der Waals surface area (Å²) in [7, 11) is 0. The summed E-state index contributed by atoms with van der Waals surface area (Å²) < 4.78 is 1.92. The summed E-state index contributed by atoms with van der Waals surface area (Å²) in [5, 5.41) is 9.09. The Morgan fingerprint density at radius 3 is 2.85 bits per heavy atom. The molecule has 0 saturated carbocycles. The van der Waals surface area contributed by atoms with Gasteiger partial charge in [-0.2, -0.15) is 5.26 Å². The Balaban J connectivity index is 1.96. The van der Waals surface area contributed by atoms with Crippen LogP contribution in [0.1, 0.15) is 11.3 Å². The number of para-hydroxylation sites is 1. The molecule has 5 heteroatoms. The van der Waals surface area contributed by atoms with Gasteiger partial charge in [0.05, 0.1) is 11.1 Å². The van der Waals surface area contributed by atoms with Gasteiger partial charge in [-0.05, 0) is 24.3 Å². The predicted molar refractivity (Wildman–Crippen MR) is 76.8 cm³/mol. The molecule has 1 aromatic carbocycles. The van der Waals surface area contributed by atoms with Crippen molar-refractivity contribution in [1.82, 2.24) is 14.5 Å². The van der Waals surface area contributed by atoms with Crippen molar-refractivity contribution in [2.24, 2.45) is 0 Å². The summed E-state index contributed by atoms with van der Waals surface area (Å²) in [6.45, 7) is 0.689. The van der Waals surface area contributed by atoms with Crippen LogP contribution in [0, 0.1) is 11.3 Å². The first-order valence-corrected chi connectivity index (χ1v) is 6.34. The number of nitrogens with two attached hydrogens (primary N) is 1. The molecular formula is C15H13N5. The average Bonchev–Trinajstić information content (AvgIpc) is 2.81. The maximum Gasteiger partial charge on any atom is 0.201 e. The van der Waals surface area contributed by atoms with Crippen molar-refractivity contribution in [3.05, 3.63) is 53.9 Å². The minimum absolute atomic E-state index is 0.429. The smallest absolute Gasteiger partial charge is 0.201 e. The minimum Gasteiger partial charge on any atom is -0.369 e. The Morgan fingerprint density at radius 1 is 1.20 bits per heavy atom. The molecule has 0 aliphatic heterocycles. The third kappa shape index (κ3) is 2.08. The van der Waals surface area contributed by atoms with E-state index in [2.05, 4.69) is 16.0 Å². The largest absolute Gasteiger partial charge is 0.369 e. The molecule has 0 aliphatic rings. The molecule has 0 saturated heterocycles. The van der Waals surface area contributed by atoms with Gasteiger partial charge in [-0.1, -0.05) is 12.1 Å². The number of fused-ring (bicyclic) bond motifs is 1. The standard InChI is InChI=1S/C15H13N5/c16-10-11-4-3-6-13-14(11)19-15(17)20(13)9-7-12-5-1-2-8-18-12/h1-6,8H,7,9H2,(H2,17,19). The fourth-order valence-corrected chi connectivity index (χ4v) is 2.26. The molecular weight excluding hydrogens is 250 g/mol. The Hall–Kier alpha value is -2.87. The topological polar surface area (TPSA) is 80.5 Å². The fraction of sp³-hybridized carbons (Fsp3) is 0.133. The minimum atomic E-state index is 0.429. The molecule has 2 heterocycles. The number of anilines is 1. The van der Waals surface area contributed by atoms with Crippen molar-refractivity contribution in [2.75, 3.05) is 5.73 Å². The first-order valence-electron chi connectivity index (χ1n) is 6.34. The zero-order valence-corrected chi connectivity index (χ0v) is 10.8. The quantitative estimate of drug-likeness (QED) is 0.785. The number of nitrogens with zero attached hydrogens (tertiary/aromatic N) is 4. The van der Waals surface area contributed by atoms with Crippen molar-refractivity contribution in [2.45, 2.75) is 13.0 Å². The highest BCUT2D eigenvalue weighted by atomic mass is 15.1. The van der Waals surface area contributed by atoms with E-state index < -0.39 is 0 Å². The van der Waals surface area contributed by atoms with Crippen LogP contribution in [0.4, 0.5) is 5.95 Å². The van der Waals surface area contributed by atoms with E-state index in [0.717, 1.165) is 17.6 Å². The summed E-state index contributed by atoms with van der Waals surface area (Å²) in [5.41, 5.74) is 9.06. The van der Waals surface area contributed by atoms with Crippen LogP contribution in [0.2, 0.25) is 0 Å². The Bertz CT molecular complexity index is 783. The number of nitrogen functional groups attached to an aromatic ring is 1. The normalized spacial score (nSPS) is 10.6. The number of pyridine rings is 1. The fourth-order valence-electron chi connectivity index (χ4n) is 2.26. The molecule has 0 aliphatic carbocycles. The summed E-state index contributed by atoms with van der Waals surface area (Å²) in [6, 6.07) is 13.5. The van der Waals surface area contributed by atoms with Crippen LogP contribution >= 0.6 is 0 Å². The van der Waals surface area contributed by atoms with Gasteiger partial charge in [-0.3, -0.25) is 4.98 Å². The van der Waals surface area contributed by atoms with Gasteiger partial charge in [0.25, 0.3) is 0 Å². The Morgan fingerprint density at radius 2 is 2.10 bits per heavy atom. The number of hydrogen-bond donors (Lipinski definition) is 1. The Kier molecular flexibility index (Phi) is 3.05. The summed E-state index contributed by atoms with van der Waals surface area (Å²) in [6.07, 6.45) is 2.55. The van der Waals surface area contributed by atoms with E-state index in [0.29, 0.717) is 23.6 Å². The molecule has 0 unspecified atom stereocenters. The maximum atomic E-state index is 9.09. The third-order valence-electron chi connectivity index (χ3n) is 3.25. The highest BCUT2D eigenvalue weighted by Gasteiger charge is 2.11. The lowest BCUT2D eigenvalue weighted by atomic mass is 10.2. The molecule has 0 radical (unpaired) electrons. The number of imidazole rings is 1. The van der Waals surface area contributed by atoms with Gasteiger partial charge >= 0.3 is 0 Å². The second kappa shape index (κ2) is 5.02. The third-order valence-corrected chi connectivity index (χ3v) is 3.25. The number of rotatable bonds is 3. The number of aryl methyl sites for hydroxylation is 2. The van der Waals surface area contributed by atoms with Crippen LogP contribution in [-0.4, -0.2) is 14.5 Å². The van der Waals surface area contributed by atoms with E-state index in [9.17, 15) is 0 Å². The molecule has 5 nitrogen and oxygen atoms in total. The number of benzene rings is 1. The van der Waals surface area contributed by atoms with E-state index >= 15 is 0 Å². The molecule has 20 heavy (non-hydrogen) atoms. The first kappa shape index (κ1) is 12.2. The molecule has 0 spiro atoms. The van der Waals surface area contributed by atoms with Crippen molar-refractivity contribution in [1.29, 1.82) is 5.26 Å². The van der Waals surface area contributed by atoms with E-state index in [1.54, 1.807) is 12.3 Å². The SMILES string of the molecule is N#Cc1cccc2c1nc(N)n2CCc1ccccn1. The molecule has 98 valence electrons. The average molecular weight is 263 g/mol. The summed E-state index contributed by atoms with van der Waals surface area (Å²) in [5.74, 6) is 0.429. The summed E-state index contributed by atoms with van der Waals surface area (Å²) >= 11 is 0. The van der Waals surface area contributed by atoms with Gasteiger partial charge < -0.3 is 10.3 Å². The molecule has 3 rings (SSSR count). The highest BCUT2D eigenvalue weighted by molar-refractivity contribution is 5.83. The lowest BCUT2D eigenvalue weighted by Gasteiger charge is -2.06. The second-order valence-corrected chi connectivity index (χ2v) is 4.48. The van der Waals surface area contributed by atoms with Crippen LogP contribution in [-0.2, 0) is 13.0 Å². The molecule has 3 aromatic rings. The van der Waals surface area contributed by atoms with Gasteiger partial charge in [-0.15, -0.1) is 0 Å². The Labute approximate surface area is 116 Å². The van der Waals surface area contributed by atoms with Crippen molar-refractivity contribution in [3.63, 3.8) is 0 Å². The van der Waals surface area contributed by atoms with Crippen LogP contribution in [0.5, 0.6) is 0 Å². The van der Waals surface area contributed by atoms with Crippen LogP contribution in [0.25, 0.3) is 11.0 Å². The molecule has 0 fully saturated rings. The monoisotopic (exact) mass is 263 g/mol. The molecule has 2 aromatic heterocycles. The zero-order valence-electron chi connectivity index (χ0n) is 10.8. The number of hydrogen-bond acceptors (Lipinski definition) is 4. The van der Waals surface area contributed by atoms with Gasteiger partial charge in [0.1, 0.15) is 11.6 Å². The lowest BCUT2D eigenvalue weighted by molar-refractivity contribution is 0.713. The molecule has 0 atom stereocenters. The van der Waals surface area contributed by atoms with Crippen LogP contribution in [0.3, 0.4) is 0 Å². The maximum absolute atomic E-state index is 9.09. The molecule has 0 bridgehead atoms. The van der Waals surface area contributed by atoms with Gasteiger partial charge in [-0.25, -0.2) is 4.98 Å². The summed E-state index contributed by atoms with van der Waals surface area (Å²) in [4.78, 5) is 8.59. The van der Waals surface area contributed by atoms with E-state index in [4.69, 9.17) is 11.0 Å². The van der Waals surface area contributed by atoms with E-state index in [-0.39, 0.29) is 0 Å².